The molecule has 1 atom stereocenters. The van der Waals surface area contributed by atoms with E-state index in [9.17, 15) is 4.79 Å². The molecule has 1 rings (SSSR count). The number of carbonyl (C=O) groups excluding carboxylic acids is 1. The molecule has 4 heteroatoms. The van der Waals surface area contributed by atoms with Gasteiger partial charge < -0.3 is 10.6 Å². The van der Waals surface area contributed by atoms with E-state index < -0.39 is 0 Å². The number of alkyl halides is 1. The molecule has 12 heavy (non-hydrogen) atoms. The van der Waals surface area contributed by atoms with E-state index in [1.54, 1.807) is 0 Å². The van der Waals surface area contributed by atoms with Gasteiger partial charge in [-0.25, -0.2) is 0 Å². The lowest BCUT2D eigenvalue weighted by Crippen LogP contribution is -2.30. The van der Waals surface area contributed by atoms with Crippen molar-refractivity contribution in [3.63, 3.8) is 0 Å². The third-order valence-electron chi connectivity index (χ3n) is 1.76. The summed E-state index contributed by atoms with van der Waals surface area (Å²) < 4.78 is 0. The molecule has 0 spiro atoms. The summed E-state index contributed by atoms with van der Waals surface area (Å²) in [4.78, 5) is 10.8. The van der Waals surface area contributed by atoms with E-state index in [4.69, 9.17) is 11.6 Å². The van der Waals surface area contributed by atoms with Crippen molar-refractivity contribution >= 4 is 17.5 Å². The van der Waals surface area contributed by atoms with Crippen LogP contribution in [0.5, 0.6) is 0 Å². The fraction of sp³-hybridized carbons (Fsp3) is 0.625. The van der Waals surface area contributed by atoms with Crippen LogP contribution in [0.25, 0.3) is 0 Å². The lowest BCUT2D eigenvalue weighted by Gasteiger charge is -2.06. The number of carbonyl (C=O) groups is 1. The summed E-state index contributed by atoms with van der Waals surface area (Å²) in [7, 11) is 0. The average molecular weight is 189 g/mol. The number of amides is 1. The Balaban J connectivity index is 2.08. The summed E-state index contributed by atoms with van der Waals surface area (Å²) in [5, 5.41) is 5.98. The highest BCUT2D eigenvalue weighted by molar-refractivity contribution is 6.18. The molecule has 1 aliphatic rings. The molecule has 0 aliphatic carbocycles. The molecule has 0 radical (unpaired) electrons. The van der Waals surface area contributed by atoms with E-state index >= 15 is 0 Å². The number of nitrogens with one attached hydrogen (secondary N) is 2. The van der Waals surface area contributed by atoms with Gasteiger partial charge >= 0.3 is 0 Å². The maximum atomic E-state index is 10.8. The van der Waals surface area contributed by atoms with Crippen LogP contribution < -0.4 is 10.6 Å². The first kappa shape index (κ1) is 9.55. The predicted octanol–water partition coefficient (Wildman–Crippen LogP) is 0.259. The van der Waals surface area contributed by atoms with Crippen molar-refractivity contribution in [2.45, 2.75) is 12.5 Å². The van der Waals surface area contributed by atoms with Crippen LogP contribution in [0.2, 0.25) is 0 Å². The minimum Gasteiger partial charge on any atom is -0.354 e. The van der Waals surface area contributed by atoms with E-state index in [1.807, 2.05) is 12.2 Å². The predicted molar refractivity (Wildman–Crippen MR) is 49.3 cm³/mol. The number of halogens is 1. The first-order valence-corrected chi connectivity index (χ1v) is 4.57. The smallest absolute Gasteiger partial charge is 0.221 e. The summed E-state index contributed by atoms with van der Waals surface area (Å²) in [6.07, 6.45) is 4.45. The Kier molecular flexibility index (Phi) is 4.11. The van der Waals surface area contributed by atoms with Gasteiger partial charge in [0.05, 0.1) is 0 Å². The minimum atomic E-state index is 0.133. The molecule has 1 aliphatic heterocycles. The number of hydrogen-bond acceptors (Lipinski definition) is 2. The zero-order valence-corrected chi connectivity index (χ0v) is 7.60. The minimum absolute atomic E-state index is 0.133. The van der Waals surface area contributed by atoms with Gasteiger partial charge in [0.15, 0.2) is 0 Å². The molecule has 3 nitrogen and oxygen atoms in total. The molecule has 1 amide bonds. The molecule has 2 N–H and O–H groups in total. The van der Waals surface area contributed by atoms with Crippen LogP contribution >= 0.6 is 11.6 Å². The Morgan fingerprint density at radius 1 is 1.67 bits per heavy atom. The maximum absolute atomic E-state index is 10.8. The van der Waals surface area contributed by atoms with Gasteiger partial charge in [0, 0.05) is 31.4 Å². The average Bonchev–Trinajstić information content (AvgIpc) is 2.45. The molecule has 1 unspecified atom stereocenters. The van der Waals surface area contributed by atoms with Crippen molar-refractivity contribution in [2.75, 3.05) is 19.0 Å². The topological polar surface area (TPSA) is 41.1 Å². The van der Waals surface area contributed by atoms with Crippen LogP contribution in [-0.4, -0.2) is 30.9 Å². The zero-order valence-electron chi connectivity index (χ0n) is 6.85. The van der Waals surface area contributed by atoms with E-state index in [2.05, 4.69) is 10.6 Å². The third kappa shape index (κ3) is 3.24. The standard InChI is InChI=1S/C8H13ClN2O/c9-3-1-2-4-10-7-5-8(12)11-6-7/h1-2,7,10H,3-6H2,(H,11,12)/b2-1+. The first-order chi connectivity index (χ1) is 5.83. The number of rotatable bonds is 4. The monoisotopic (exact) mass is 188 g/mol. The largest absolute Gasteiger partial charge is 0.354 e. The van der Waals surface area contributed by atoms with Crippen LogP contribution in [0.3, 0.4) is 0 Å². The summed E-state index contributed by atoms with van der Waals surface area (Å²) in [6.45, 7) is 1.53. The van der Waals surface area contributed by atoms with Crippen molar-refractivity contribution in [1.29, 1.82) is 0 Å². The Hall–Kier alpha value is -0.540. The molecule has 0 aromatic rings. The van der Waals surface area contributed by atoms with Crippen molar-refractivity contribution in [1.82, 2.24) is 10.6 Å². The summed E-state index contributed by atoms with van der Waals surface area (Å²) in [5.41, 5.74) is 0. The van der Waals surface area contributed by atoms with Gasteiger partial charge in [-0.2, -0.15) is 0 Å². The Bertz CT molecular complexity index is 182. The molecule has 0 bridgehead atoms. The third-order valence-corrected chi connectivity index (χ3v) is 1.94. The SMILES string of the molecule is O=C1CC(NC/C=C/CCl)CN1. The summed E-state index contributed by atoms with van der Waals surface area (Å²) in [5.74, 6) is 0.678. The molecule has 0 aromatic carbocycles. The van der Waals surface area contributed by atoms with Crippen LogP contribution in [0.1, 0.15) is 6.42 Å². The Morgan fingerprint density at radius 3 is 3.08 bits per heavy atom. The van der Waals surface area contributed by atoms with Gasteiger partial charge in [-0.15, -0.1) is 11.6 Å². The summed E-state index contributed by atoms with van der Waals surface area (Å²) >= 11 is 5.44. The second-order valence-electron chi connectivity index (χ2n) is 2.74. The fourth-order valence-electron chi connectivity index (χ4n) is 1.13. The van der Waals surface area contributed by atoms with Gasteiger partial charge in [0.1, 0.15) is 0 Å². The number of allylic oxidation sites excluding steroid dienone is 1. The fourth-order valence-corrected chi connectivity index (χ4v) is 1.26. The zero-order chi connectivity index (χ0) is 8.81. The molecule has 1 fully saturated rings. The van der Waals surface area contributed by atoms with Crippen LogP contribution in [0.15, 0.2) is 12.2 Å². The Morgan fingerprint density at radius 2 is 2.50 bits per heavy atom. The number of hydrogen-bond donors (Lipinski definition) is 2. The summed E-state index contributed by atoms with van der Waals surface area (Å²) in [6, 6.07) is 0.289. The van der Waals surface area contributed by atoms with Crippen LogP contribution in [0, 0.1) is 0 Å². The van der Waals surface area contributed by atoms with Crippen molar-refractivity contribution in [3.8, 4) is 0 Å². The van der Waals surface area contributed by atoms with E-state index in [0.29, 0.717) is 12.3 Å². The van der Waals surface area contributed by atoms with E-state index in [1.165, 1.54) is 0 Å². The first-order valence-electron chi connectivity index (χ1n) is 4.04. The van der Waals surface area contributed by atoms with Crippen molar-refractivity contribution < 1.29 is 4.79 Å². The highest BCUT2D eigenvalue weighted by Gasteiger charge is 2.19. The van der Waals surface area contributed by atoms with Crippen molar-refractivity contribution in [3.05, 3.63) is 12.2 Å². The molecule has 1 heterocycles. The van der Waals surface area contributed by atoms with Crippen LogP contribution in [-0.2, 0) is 4.79 Å². The molecular formula is C8H13ClN2O. The molecule has 0 aromatic heterocycles. The molecule has 0 saturated carbocycles. The Labute approximate surface area is 77.2 Å². The van der Waals surface area contributed by atoms with E-state index in [-0.39, 0.29) is 11.9 Å². The highest BCUT2D eigenvalue weighted by atomic mass is 35.5. The van der Waals surface area contributed by atoms with Gasteiger partial charge in [-0.1, -0.05) is 12.2 Å². The molecule has 1 saturated heterocycles. The van der Waals surface area contributed by atoms with Gasteiger partial charge in [-0.3, -0.25) is 4.79 Å². The van der Waals surface area contributed by atoms with Crippen LogP contribution in [0.4, 0.5) is 0 Å². The lowest BCUT2D eigenvalue weighted by molar-refractivity contribution is -0.119. The van der Waals surface area contributed by atoms with E-state index in [0.717, 1.165) is 13.1 Å². The van der Waals surface area contributed by atoms with Gasteiger partial charge in [-0.05, 0) is 0 Å². The highest BCUT2D eigenvalue weighted by Crippen LogP contribution is 1.97. The van der Waals surface area contributed by atoms with Crippen molar-refractivity contribution in [2.24, 2.45) is 0 Å². The second-order valence-corrected chi connectivity index (χ2v) is 3.05. The molecular weight excluding hydrogens is 176 g/mol. The van der Waals surface area contributed by atoms with Gasteiger partial charge in [0.25, 0.3) is 0 Å². The maximum Gasteiger partial charge on any atom is 0.221 e. The molecule has 68 valence electrons. The second kappa shape index (κ2) is 5.17. The quantitative estimate of drug-likeness (QED) is 0.491. The van der Waals surface area contributed by atoms with Gasteiger partial charge in [0.2, 0.25) is 5.91 Å². The lowest BCUT2D eigenvalue weighted by atomic mass is 10.2. The normalized spacial score (nSPS) is 23.4.